The standard InChI is InChI=1S/C11H20N2O4S2/c1-12-7-10-4-5-11(18-10)19(14,15)13-6-9(17-3)8-16-2/h4-5,9,12-13H,6-8H2,1-3H3. The number of hydrogen-bond acceptors (Lipinski definition) is 6. The van der Waals surface area contributed by atoms with Gasteiger partial charge in [-0.05, 0) is 19.2 Å². The fourth-order valence-electron chi connectivity index (χ4n) is 1.44. The maximum atomic E-state index is 12.1. The van der Waals surface area contributed by atoms with E-state index in [0.717, 1.165) is 4.88 Å². The van der Waals surface area contributed by atoms with Crippen molar-refractivity contribution >= 4 is 21.4 Å². The van der Waals surface area contributed by atoms with Gasteiger partial charge < -0.3 is 14.8 Å². The van der Waals surface area contributed by atoms with Crippen LogP contribution in [0, 0.1) is 0 Å². The molecule has 110 valence electrons. The van der Waals surface area contributed by atoms with Gasteiger partial charge in [-0.15, -0.1) is 11.3 Å². The summed E-state index contributed by atoms with van der Waals surface area (Å²) < 4.78 is 37.0. The number of nitrogens with one attached hydrogen (secondary N) is 2. The molecule has 0 bridgehead atoms. The minimum atomic E-state index is -3.48. The lowest BCUT2D eigenvalue weighted by Crippen LogP contribution is -2.35. The van der Waals surface area contributed by atoms with Crippen LogP contribution in [-0.2, 0) is 26.0 Å². The largest absolute Gasteiger partial charge is 0.382 e. The summed E-state index contributed by atoms with van der Waals surface area (Å²) >= 11 is 1.25. The van der Waals surface area contributed by atoms with Crippen LogP contribution in [-0.4, -0.2) is 48.9 Å². The van der Waals surface area contributed by atoms with Crippen molar-refractivity contribution < 1.29 is 17.9 Å². The van der Waals surface area contributed by atoms with Crippen molar-refractivity contribution in [2.75, 3.05) is 34.4 Å². The van der Waals surface area contributed by atoms with Crippen LogP contribution < -0.4 is 10.0 Å². The molecule has 1 aromatic heterocycles. The highest BCUT2D eigenvalue weighted by Crippen LogP contribution is 2.21. The highest BCUT2D eigenvalue weighted by Gasteiger charge is 2.18. The Morgan fingerprint density at radius 3 is 2.68 bits per heavy atom. The Hall–Kier alpha value is -0.510. The lowest BCUT2D eigenvalue weighted by Gasteiger charge is -2.14. The van der Waals surface area contributed by atoms with E-state index in [0.29, 0.717) is 17.4 Å². The molecule has 1 rings (SSSR count). The number of hydrogen-bond donors (Lipinski definition) is 2. The molecule has 0 saturated heterocycles. The molecule has 0 spiro atoms. The molecule has 0 aliphatic rings. The van der Waals surface area contributed by atoms with Gasteiger partial charge in [-0.3, -0.25) is 0 Å². The summed E-state index contributed by atoms with van der Waals surface area (Å²) in [5.74, 6) is 0. The zero-order chi connectivity index (χ0) is 14.3. The van der Waals surface area contributed by atoms with E-state index in [1.54, 1.807) is 19.2 Å². The quantitative estimate of drug-likeness (QED) is 0.691. The Balaban J connectivity index is 2.64. The number of ether oxygens (including phenoxy) is 2. The zero-order valence-corrected chi connectivity index (χ0v) is 12.9. The molecule has 2 N–H and O–H groups in total. The van der Waals surface area contributed by atoms with E-state index >= 15 is 0 Å². The van der Waals surface area contributed by atoms with E-state index in [1.165, 1.54) is 18.4 Å². The minimum Gasteiger partial charge on any atom is -0.382 e. The van der Waals surface area contributed by atoms with Gasteiger partial charge in [0.1, 0.15) is 4.21 Å². The van der Waals surface area contributed by atoms with Crippen LogP contribution >= 0.6 is 11.3 Å². The highest BCUT2D eigenvalue weighted by atomic mass is 32.2. The molecule has 0 aliphatic carbocycles. The molecule has 8 heteroatoms. The molecule has 1 unspecified atom stereocenters. The van der Waals surface area contributed by atoms with Crippen molar-refractivity contribution in [3.05, 3.63) is 17.0 Å². The van der Waals surface area contributed by atoms with Crippen molar-refractivity contribution in [1.82, 2.24) is 10.0 Å². The normalized spacial score (nSPS) is 13.6. The molecule has 0 radical (unpaired) electrons. The lowest BCUT2D eigenvalue weighted by atomic mass is 10.4. The maximum absolute atomic E-state index is 12.1. The molecule has 1 heterocycles. The van der Waals surface area contributed by atoms with Crippen LogP contribution in [0.4, 0.5) is 0 Å². The van der Waals surface area contributed by atoms with E-state index < -0.39 is 10.0 Å². The van der Waals surface area contributed by atoms with Crippen molar-refractivity contribution in [1.29, 1.82) is 0 Å². The number of thiophene rings is 1. The van der Waals surface area contributed by atoms with E-state index in [9.17, 15) is 8.42 Å². The zero-order valence-electron chi connectivity index (χ0n) is 11.3. The van der Waals surface area contributed by atoms with E-state index in [2.05, 4.69) is 10.0 Å². The summed E-state index contributed by atoms with van der Waals surface area (Å²) in [5.41, 5.74) is 0. The average Bonchev–Trinajstić information content (AvgIpc) is 2.84. The number of methoxy groups -OCH3 is 2. The Bertz CT molecular complexity index is 473. The first-order valence-electron chi connectivity index (χ1n) is 5.78. The third kappa shape index (κ3) is 5.17. The van der Waals surface area contributed by atoms with Gasteiger partial charge in [-0.25, -0.2) is 13.1 Å². The highest BCUT2D eigenvalue weighted by molar-refractivity contribution is 7.91. The first-order valence-corrected chi connectivity index (χ1v) is 8.08. The topological polar surface area (TPSA) is 76.7 Å². The smallest absolute Gasteiger partial charge is 0.250 e. The Kier molecular flexibility index (Phi) is 6.90. The first-order chi connectivity index (χ1) is 9.03. The average molecular weight is 308 g/mol. The van der Waals surface area contributed by atoms with Crippen LogP contribution in [0.15, 0.2) is 16.3 Å². The Morgan fingerprint density at radius 2 is 2.11 bits per heavy atom. The molecule has 19 heavy (non-hydrogen) atoms. The molecule has 0 aromatic carbocycles. The second-order valence-corrected chi connectivity index (χ2v) is 7.08. The molecule has 0 amide bonds. The van der Waals surface area contributed by atoms with Gasteiger partial charge in [0.15, 0.2) is 0 Å². The number of rotatable bonds is 9. The summed E-state index contributed by atoms with van der Waals surface area (Å²) in [5, 5.41) is 2.98. The van der Waals surface area contributed by atoms with Gasteiger partial charge in [0, 0.05) is 32.2 Å². The molecular weight excluding hydrogens is 288 g/mol. The van der Waals surface area contributed by atoms with Crippen LogP contribution in [0.25, 0.3) is 0 Å². The SMILES string of the molecule is CNCc1ccc(S(=O)(=O)NCC(COC)OC)s1. The molecule has 0 aliphatic heterocycles. The third-order valence-corrected chi connectivity index (χ3v) is 5.44. The van der Waals surface area contributed by atoms with Gasteiger partial charge >= 0.3 is 0 Å². The molecular formula is C11H20N2O4S2. The summed E-state index contributed by atoms with van der Waals surface area (Å²) in [6.07, 6.45) is -0.295. The van der Waals surface area contributed by atoms with Crippen molar-refractivity contribution in [3.63, 3.8) is 0 Å². The van der Waals surface area contributed by atoms with Crippen LogP contribution in [0.3, 0.4) is 0 Å². The Labute approximate surface area is 118 Å². The van der Waals surface area contributed by atoms with Crippen LogP contribution in [0.2, 0.25) is 0 Å². The maximum Gasteiger partial charge on any atom is 0.250 e. The Morgan fingerprint density at radius 1 is 1.37 bits per heavy atom. The predicted molar refractivity (Wildman–Crippen MR) is 74.9 cm³/mol. The molecule has 0 fully saturated rings. The first kappa shape index (κ1) is 16.5. The minimum absolute atomic E-state index is 0.186. The summed E-state index contributed by atoms with van der Waals surface area (Å²) in [7, 11) is 1.41. The molecule has 0 saturated carbocycles. The van der Waals surface area contributed by atoms with E-state index in [-0.39, 0.29) is 12.6 Å². The lowest BCUT2D eigenvalue weighted by molar-refractivity contribution is 0.0320. The van der Waals surface area contributed by atoms with Crippen molar-refractivity contribution in [2.45, 2.75) is 16.9 Å². The van der Waals surface area contributed by atoms with E-state index in [4.69, 9.17) is 9.47 Å². The van der Waals surface area contributed by atoms with Gasteiger partial charge in [-0.1, -0.05) is 0 Å². The van der Waals surface area contributed by atoms with Gasteiger partial charge in [0.25, 0.3) is 0 Å². The fraction of sp³-hybridized carbons (Fsp3) is 0.636. The summed E-state index contributed by atoms with van der Waals surface area (Å²) in [6.45, 7) is 1.19. The van der Waals surface area contributed by atoms with Crippen LogP contribution in [0.1, 0.15) is 4.88 Å². The molecule has 1 aromatic rings. The molecule has 1 atom stereocenters. The van der Waals surface area contributed by atoms with Gasteiger partial charge in [-0.2, -0.15) is 0 Å². The van der Waals surface area contributed by atoms with E-state index in [1.807, 2.05) is 7.05 Å². The van der Waals surface area contributed by atoms with Gasteiger partial charge in [0.05, 0.1) is 12.7 Å². The second kappa shape index (κ2) is 7.93. The fourth-order valence-corrected chi connectivity index (χ4v) is 3.92. The third-order valence-electron chi connectivity index (χ3n) is 2.44. The van der Waals surface area contributed by atoms with Gasteiger partial charge in [0.2, 0.25) is 10.0 Å². The van der Waals surface area contributed by atoms with Crippen LogP contribution in [0.5, 0.6) is 0 Å². The molecule has 6 nitrogen and oxygen atoms in total. The monoisotopic (exact) mass is 308 g/mol. The van der Waals surface area contributed by atoms with Crippen molar-refractivity contribution in [3.8, 4) is 0 Å². The second-order valence-electron chi connectivity index (χ2n) is 3.92. The summed E-state index contributed by atoms with van der Waals surface area (Å²) in [4.78, 5) is 0.975. The van der Waals surface area contributed by atoms with Crippen molar-refractivity contribution in [2.24, 2.45) is 0 Å². The summed E-state index contributed by atoms with van der Waals surface area (Å²) in [6, 6.07) is 3.41. The predicted octanol–water partition coefficient (Wildman–Crippen LogP) is 0.407. The number of sulfonamides is 1.